The number of benzene rings is 1. The fraction of sp³-hybridized carbons (Fsp3) is 0.267. The van der Waals surface area contributed by atoms with Crippen LogP contribution < -0.4 is 10.1 Å². The zero-order chi connectivity index (χ0) is 15.4. The first-order chi connectivity index (χ1) is 9.95. The number of nitrogens with one attached hydrogen (secondary N) is 1. The van der Waals surface area contributed by atoms with Crippen LogP contribution in [-0.4, -0.2) is 11.0 Å². The molecule has 0 fully saturated rings. The maximum absolute atomic E-state index is 13.3. The zero-order valence-corrected chi connectivity index (χ0v) is 13.2. The summed E-state index contributed by atoms with van der Waals surface area (Å²) in [5.41, 5.74) is 0.634. The fourth-order valence-electron chi connectivity index (χ4n) is 1.65. The molecule has 3 nitrogen and oxygen atoms in total. The maximum atomic E-state index is 13.3. The largest absolute Gasteiger partial charge is 0.439 e. The van der Waals surface area contributed by atoms with E-state index in [-0.39, 0.29) is 6.04 Å². The molecule has 1 heterocycles. The van der Waals surface area contributed by atoms with Gasteiger partial charge in [-0.2, -0.15) is 0 Å². The summed E-state index contributed by atoms with van der Waals surface area (Å²) in [5.74, 6) is 0.425. The molecule has 0 aliphatic carbocycles. The minimum Gasteiger partial charge on any atom is -0.439 e. The highest BCUT2D eigenvalue weighted by molar-refractivity contribution is 6.42. The Morgan fingerprint density at radius 1 is 1.24 bits per heavy atom. The number of hydrogen-bond acceptors (Lipinski definition) is 3. The normalized spacial score (nSPS) is 11.0. The third-order valence-electron chi connectivity index (χ3n) is 2.70. The zero-order valence-electron chi connectivity index (χ0n) is 11.7. The number of nitrogens with zero attached hydrogens (tertiary/aromatic N) is 1. The Hall–Kier alpha value is -1.36. The van der Waals surface area contributed by atoms with Gasteiger partial charge >= 0.3 is 0 Å². The van der Waals surface area contributed by atoms with Crippen LogP contribution >= 0.6 is 23.2 Å². The SMILES string of the molecule is CC(C)NCc1cc(F)cnc1Oc1ccc(Cl)c(Cl)c1. The molecule has 6 heteroatoms. The van der Waals surface area contributed by atoms with Crippen molar-refractivity contribution in [3.63, 3.8) is 0 Å². The lowest BCUT2D eigenvalue weighted by Crippen LogP contribution is -2.22. The molecule has 1 aromatic heterocycles. The Morgan fingerprint density at radius 3 is 2.67 bits per heavy atom. The predicted octanol–water partition coefficient (Wildman–Crippen LogP) is 4.82. The van der Waals surface area contributed by atoms with Crippen molar-refractivity contribution >= 4 is 23.2 Å². The molecule has 0 saturated heterocycles. The molecular weight excluding hydrogens is 314 g/mol. The predicted molar refractivity (Wildman–Crippen MR) is 82.7 cm³/mol. The average Bonchev–Trinajstić information content (AvgIpc) is 2.43. The summed E-state index contributed by atoms with van der Waals surface area (Å²) in [7, 11) is 0. The summed E-state index contributed by atoms with van der Waals surface area (Å²) in [6.07, 6.45) is 1.12. The molecule has 0 atom stereocenters. The second-order valence-electron chi connectivity index (χ2n) is 4.83. The van der Waals surface area contributed by atoms with E-state index in [9.17, 15) is 4.39 Å². The van der Waals surface area contributed by atoms with Crippen LogP contribution in [0.1, 0.15) is 19.4 Å². The minimum absolute atomic E-state index is 0.270. The molecule has 0 amide bonds. The number of aromatic nitrogens is 1. The first-order valence-electron chi connectivity index (χ1n) is 6.46. The van der Waals surface area contributed by atoms with E-state index in [1.807, 2.05) is 13.8 Å². The van der Waals surface area contributed by atoms with Crippen molar-refractivity contribution in [3.8, 4) is 11.6 Å². The van der Waals surface area contributed by atoms with Gasteiger partial charge in [-0.25, -0.2) is 9.37 Å². The molecule has 0 saturated carbocycles. The van der Waals surface area contributed by atoms with E-state index in [1.54, 1.807) is 18.2 Å². The molecule has 0 radical (unpaired) electrons. The van der Waals surface area contributed by atoms with Gasteiger partial charge in [-0.15, -0.1) is 0 Å². The first-order valence-corrected chi connectivity index (χ1v) is 7.22. The van der Waals surface area contributed by atoms with Crippen molar-refractivity contribution < 1.29 is 9.13 Å². The van der Waals surface area contributed by atoms with E-state index >= 15 is 0 Å². The molecule has 21 heavy (non-hydrogen) atoms. The summed E-state index contributed by atoms with van der Waals surface area (Å²) >= 11 is 11.8. The number of halogens is 3. The summed E-state index contributed by atoms with van der Waals surface area (Å²) < 4.78 is 19.0. The lowest BCUT2D eigenvalue weighted by molar-refractivity contribution is 0.445. The lowest BCUT2D eigenvalue weighted by atomic mass is 10.2. The van der Waals surface area contributed by atoms with Gasteiger partial charge < -0.3 is 10.1 Å². The van der Waals surface area contributed by atoms with Crippen LogP contribution in [0.4, 0.5) is 4.39 Å². The number of ether oxygens (including phenoxy) is 1. The molecule has 0 aliphatic heterocycles. The van der Waals surface area contributed by atoms with Crippen molar-refractivity contribution in [1.29, 1.82) is 0 Å². The summed E-state index contributed by atoms with van der Waals surface area (Å²) in [6.45, 7) is 4.47. The number of hydrogen-bond donors (Lipinski definition) is 1. The van der Waals surface area contributed by atoms with Crippen molar-refractivity contribution in [1.82, 2.24) is 10.3 Å². The quantitative estimate of drug-likeness (QED) is 0.854. The van der Waals surface area contributed by atoms with E-state index in [1.165, 1.54) is 6.07 Å². The molecular formula is C15H15Cl2FN2O. The Kier molecular flexibility index (Phi) is 5.39. The van der Waals surface area contributed by atoms with Gasteiger partial charge in [0.15, 0.2) is 0 Å². The van der Waals surface area contributed by atoms with Crippen LogP contribution in [-0.2, 0) is 6.54 Å². The maximum Gasteiger partial charge on any atom is 0.223 e. The molecule has 1 aromatic carbocycles. The number of pyridine rings is 1. The van der Waals surface area contributed by atoms with E-state index in [0.717, 1.165) is 6.20 Å². The average molecular weight is 329 g/mol. The molecule has 0 bridgehead atoms. The highest BCUT2D eigenvalue weighted by Crippen LogP contribution is 2.30. The van der Waals surface area contributed by atoms with E-state index < -0.39 is 5.82 Å². The van der Waals surface area contributed by atoms with E-state index in [0.29, 0.717) is 33.8 Å². The van der Waals surface area contributed by atoms with Crippen LogP contribution in [0.3, 0.4) is 0 Å². The second-order valence-corrected chi connectivity index (χ2v) is 5.65. The van der Waals surface area contributed by atoms with Gasteiger partial charge in [0.25, 0.3) is 0 Å². The molecule has 0 aliphatic rings. The van der Waals surface area contributed by atoms with Crippen LogP contribution in [0.15, 0.2) is 30.5 Å². The van der Waals surface area contributed by atoms with Crippen LogP contribution in [0, 0.1) is 5.82 Å². The summed E-state index contributed by atoms with van der Waals surface area (Å²) in [5, 5.41) is 4.03. The number of rotatable bonds is 5. The van der Waals surface area contributed by atoms with Gasteiger partial charge in [-0.1, -0.05) is 37.0 Å². The van der Waals surface area contributed by atoms with E-state index in [2.05, 4.69) is 10.3 Å². The van der Waals surface area contributed by atoms with Gasteiger partial charge in [0, 0.05) is 24.2 Å². The summed E-state index contributed by atoms with van der Waals surface area (Å²) in [4.78, 5) is 3.99. The Balaban J connectivity index is 2.23. The Morgan fingerprint density at radius 2 is 2.00 bits per heavy atom. The topological polar surface area (TPSA) is 34.2 Å². The van der Waals surface area contributed by atoms with Crippen LogP contribution in [0.5, 0.6) is 11.6 Å². The van der Waals surface area contributed by atoms with Crippen LogP contribution in [0.25, 0.3) is 0 Å². The highest BCUT2D eigenvalue weighted by atomic mass is 35.5. The van der Waals surface area contributed by atoms with Crippen molar-refractivity contribution in [2.24, 2.45) is 0 Å². The third kappa shape index (κ3) is 4.56. The lowest BCUT2D eigenvalue weighted by Gasteiger charge is -2.13. The summed E-state index contributed by atoms with van der Waals surface area (Å²) in [6, 6.07) is 6.57. The Labute approximate surface area is 133 Å². The molecule has 0 unspecified atom stereocenters. The molecule has 0 spiro atoms. The van der Waals surface area contributed by atoms with Gasteiger partial charge in [0.05, 0.1) is 16.2 Å². The van der Waals surface area contributed by atoms with Crippen molar-refractivity contribution in [2.45, 2.75) is 26.4 Å². The third-order valence-corrected chi connectivity index (χ3v) is 3.44. The van der Waals surface area contributed by atoms with Gasteiger partial charge in [0.1, 0.15) is 11.6 Å². The molecule has 112 valence electrons. The van der Waals surface area contributed by atoms with Gasteiger partial charge in [-0.05, 0) is 18.2 Å². The molecule has 1 N–H and O–H groups in total. The molecule has 2 aromatic rings. The Bertz CT molecular complexity index is 635. The van der Waals surface area contributed by atoms with Crippen molar-refractivity contribution in [2.75, 3.05) is 0 Å². The standard InChI is InChI=1S/C15H15Cl2FN2O/c1-9(2)19-7-10-5-11(18)8-20-15(10)21-12-3-4-13(16)14(17)6-12/h3-6,8-9,19H,7H2,1-2H3. The smallest absolute Gasteiger partial charge is 0.223 e. The monoisotopic (exact) mass is 328 g/mol. The molecule has 2 rings (SSSR count). The minimum atomic E-state index is -0.406. The second kappa shape index (κ2) is 7.07. The van der Waals surface area contributed by atoms with Crippen LogP contribution in [0.2, 0.25) is 10.0 Å². The first kappa shape index (κ1) is 16.0. The highest BCUT2D eigenvalue weighted by Gasteiger charge is 2.10. The van der Waals surface area contributed by atoms with Crippen molar-refractivity contribution in [3.05, 3.63) is 51.9 Å². The van der Waals surface area contributed by atoms with E-state index in [4.69, 9.17) is 27.9 Å². The van der Waals surface area contributed by atoms with Gasteiger partial charge in [0.2, 0.25) is 5.88 Å². The van der Waals surface area contributed by atoms with Gasteiger partial charge in [-0.3, -0.25) is 0 Å². The fourth-order valence-corrected chi connectivity index (χ4v) is 1.94.